The van der Waals surface area contributed by atoms with Crippen molar-refractivity contribution in [2.45, 2.75) is 46.5 Å². The smallest absolute Gasteiger partial charge is 0.323 e. The van der Waals surface area contributed by atoms with Crippen LogP contribution in [0.5, 0.6) is 0 Å². The normalized spacial score (nSPS) is 32.4. The van der Waals surface area contributed by atoms with Crippen molar-refractivity contribution in [3.63, 3.8) is 0 Å². The number of fused-ring (bicyclic) bond motifs is 2. The van der Waals surface area contributed by atoms with Gasteiger partial charge in [0.1, 0.15) is 0 Å². The first-order valence-electron chi connectivity index (χ1n) is 8.07. The molecule has 0 unspecified atom stereocenters. The van der Waals surface area contributed by atoms with Gasteiger partial charge in [-0.3, -0.25) is 9.59 Å². The van der Waals surface area contributed by atoms with E-state index >= 15 is 0 Å². The maximum atomic E-state index is 12.5. The second-order valence-corrected chi connectivity index (χ2v) is 6.54. The summed E-state index contributed by atoms with van der Waals surface area (Å²) in [4.78, 5) is 25.0. The van der Waals surface area contributed by atoms with Gasteiger partial charge in [0.2, 0.25) is 0 Å². The highest BCUT2D eigenvalue weighted by Gasteiger charge is 2.72. The van der Waals surface area contributed by atoms with Crippen molar-refractivity contribution in [3.05, 3.63) is 11.6 Å². The van der Waals surface area contributed by atoms with Gasteiger partial charge < -0.3 is 9.47 Å². The molecule has 21 heavy (non-hydrogen) atoms. The van der Waals surface area contributed by atoms with Crippen molar-refractivity contribution in [1.29, 1.82) is 0 Å². The van der Waals surface area contributed by atoms with Gasteiger partial charge in [0, 0.05) is 0 Å². The van der Waals surface area contributed by atoms with Crippen LogP contribution in [0.2, 0.25) is 0 Å². The monoisotopic (exact) mass is 292 g/mol. The molecule has 3 rings (SSSR count). The van der Waals surface area contributed by atoms with Crippen molar-refractivity contribution in [2.75, 3.05) is 13.2 Å². The molecule has 0 saturated heterocycles. The number of carbonyl (C=O) groups excluding carboxylic acids is 2. The fraction of sp³-hybridized carbons (Fsp3) is 0.765. The first-order chi connectivity index (χ1) is 10.1. The van der Waals surface area contributed by atoms with Gasteiger partial charge in [0.15, 0.2) is 5.41 Å². The number of rotatable bonds is 4. The topological polar surface area (TPSA) is 52.6 Å². The van der Waals surface area contributed by atoms with Crippen molar-refractivity contribution < 1.29 is 19.1 Å². The van der Waals surface area contributed by atoms with Crippen LogP contribution >= 0.6 is 0 Å². The molecule has 116 valence electrons. The molecule has 0 heterocycles. The predicted octanol–water partition coefficient (Wildman–Crippen LogP) is 2.87. The van der Waals surface area contributed by atoms with E-state index in [4.69, 9.17) is 9.47 Å². The second kappa shape index (κ2) is 4.85. The minimum Gasteiger partial charge on any atom is -0.465 e. The molecular formula is C17H24O4. The fourth-order valence-corrected chi connectivity index (χ4v) is 4.76. The minimum absolute atomic E-state index is 0.303. The Morgan fingerprint density at radius 1 is 1.14 bits per heavy atom. The number of hydrogen-bond acceptors (Lipinski definition) is 4. The van der Waals surface area contributed by atoms with Gasteiger partial charge in [-0.2, -0.15) is 0 Å². The Labute approximate surface area is 125 Å². The van der Waals surface area contributed by atoms with Crippen LogP contribution in [0.1, 0.15) is 46.5 Å². The Bertz CT molecular complexity index is 483. The van der Waals surface area contributed by atoms with Crippen LogP contribution in [0.25, 0.3) is 0 Å². The van der Waals surface area contributed by atoms with Gasteiger partial charge in [-0.05, 0) is 63.7 Å². The molecule has 4 heteroatoms. The van der Waals surface area contributed by atoms with Crippen molar-refractivity contribution in [2.24, 2.45) is 22.7 Å². The molecule has 3 aliphatic carbocycles. The molecule has 1 spiro atoms. The summed E-state index contributed by atoms with van der Waals surface area (Å²) in [6.45, 7) is 6.23. The molecule has 0 amide bonds. The van der Waals surface area contributed by atoms with E-state index in [1.54, 1.807) is 13.8 Å². The summed E-state index contributed by atoms with van der Waals surface area (Å²) in [7, 11) is 0. The van der Waals surface area contributed by atoms with E-state index in [0.717, 1.165) is 0 Å². The van der Waals surface area contributed by atoms with E-state index in [0.29, 0.717) is 43.3 Å². The molecule has 0 aromatic heterocycles. The molecule has 0 aliphatic heterocycles. The van der Waals surface area contributed by atoms with Gasteiger partial charge in [-0.15, -0.1) is 0 Å². The Kier molecular flexibility index (Phi) is 3.38. The summed E-state index contributed by atoms with van der Waals surface area (Å²) < 4.78 is 10.4. The number of hydrogen-bond donors (Lipinski definition) is 0. The van der Waals surface area contributed by atoms with Crippen LogP contribution in [-0.4, -0.2) is 25.2 Å². The summed E-state index contributed by atoms with van der Waals surface area (Å²) in [5.74, 6) is 0.0528. The molecule has 3 saturated carbocycles. The molecule has 0 aromatic carbocycles. The largest absolute Gasteiger partial charge is 0.465 e. The molecule has 3 aliphatic rings. The third kappa shape index (κ3) is 1.80. The lowest BCUT2D eigenvalue weighted by Gasteiger charge is -2.45. The van der Waals surface area contributed by atoms with Crippen LogP contribution in [0.3, 0.4) is 0 Å². The number of ether oxygens (including phenoxy) is 2. The lowest BCUT2D eigenvalue weighted by Crippen LogP contribution is -2.40. The molecule has 0 N–H and O–H groups in total. The van der Waals surface area contributed by atoms with Gasteiger partial charge in [-0.1, -0.05) is 11.6 Å². The highest BCUT2D eigenvalue weighted by Crippen LogP contribution is 2.77. The summed E-state index contributed by atoms with van der Waals surface area (Å²) in [5.41, 5.74) is 0.699. The van der Waals surface area contributed by atoms with E-state index in [2.05, 4.69) is 13.0 Å². The summed E-state index contributed by atoms with van der Waals surface area (Å²) in [5, 5.41) is 0. The molecule has 0 bridgehead atoms. The molecule has 4 nitrogen and oxygen atoms in total. The quantitative estimate of drug-likeness (QED) is 0.454. The Morgan fingerprint density at radius 3 is 2.14 bits per heavy atom. The van der Waals surface area contributed by atoms with E-state index in [-0.39, 0.29) is 11.9 Å². The van der Waals surface area contributed by atoms with Gasteiger partial charge in [-0.25, -0.2) is 0 Å². The maximum absolute atomic E-state index is 12.5. The predicted molar refractivity (Wildman–Crippen MR) is 77.3 cm³/mol. The van der Waals surface area contributed by atoms with Crippen LogP contribution in [0.4, 0.5) is 0 Å². The lowest BCUT2D eigenvalue weighted by molar-refractivity contribution is -0.171. The summed E-state index contributed by atoms with van der Waals surface area (Å²) in [6, 6.07) is 0. The Balaban J connectivity index is 1.89. The third-order valence-corrected chi connectivity index (χ3v) is 5.74. The molecule has 0 aromatic rings. The lowest BCUT2D eigenvalue weighted by atomic mass is 9.59. The van der Waals surface area contributed by atoms with Crippen LogP contribution in [0.15, 0.2) is 11.6 Å². The van der Waals surface area contributed by atoms with Gasteiger partial charge in [0.25, 0.3) is 0 Å². The van der Waals surface area contributed by atoms with E-state index in [1.165, 1.54) is 18.4 Å². The van der Waals surface area contributed by atoms with Crippen LogP contribution < -0.4 is 0 Å². The van der Waals surface area contributed by atoms with Crippen molar-refractivity contribution in [3.8, 4) is 0 Å². The Morgan fingerprint density at radius 2 is 1.71 bits per heavy atom. The Hall–Kier alpha value is -1.32. The number of carbonyl (C=O) groups is 2. The van der Waals surface area contributed by atoms with Gasteiger partial charge >= 0.3 is 11.9 Å². The maximum Gasteiger partial charge on any atom is 0.323 e. The number of allylic oxidation sites excluding steroid dienone is 2. The fourth-order valence-electron chi connectivity index (χ4n) is 4.76. The molecule has 3 fully saturated rings. The zero-order valence-corrected chi connectivity index (χ0v) is 13.1. The van der Waals surface area contributed by atoms with Gasteiger partial charge in [0.05, 0.1) is 13.2 Å². The van der Waals surface area contributed by atoms with Crippen LogP contribution in [-0.2, 0) is 19.1 Å². The van der Waals surface area contributed by atoms with Crippen LogP contribution in [0, 0.1) is 22.7 Å². The van der Waals surface area contributed by atoms with Crippen molar-refractivity contribution >= 4 is 11.9 Å². The molecule has 2 atom stereocenters. The second-order valence-electron chi connectivity index (χ2n) is 6.54. The first kappa shape index (κ1) is 14.6. The highest BCUT2D eigenvalue weighted by molar-refractivity contribution is 6.00. The zero-order chi connectivity index (χ0) is 15.3. The van der Waals surface area contributed by atoms with E-state index < -0.39 is 5.41 Å². The van der Waals surface area contributed by atoms with E-state index in [1.807, 2.05) is 0 Å². The SMILES string of the molecule is C/C=C1\[C@@H]2CC(C(=O)OCC)(C(=O)OCC)C[C@@H]2C12CC2. The average molecular weight is 292 g/mol. The minimum atomic E-state index is -1.07. The van der Waals surface area contributed by atoms with E-state index in [9.17, 15) is 9.59 Å². The number of esters is 2. The molecule has 0 radical (unpaired) electrons. The highest BCUT2D eigenvalue weighted by atomic mass is 16.6. The first-order valence-corrected chi connectivity index (χ1v) is 8.07. The zero-order valence-electron chi connectivity index (χ0n) is 13.1. The average Bonchev–Trinajstić information content (AvgIpc) is 3.19. The standard InChI is InChI=1S/C17H24O4/c1-4-12-11-9-17(14(18)20-5-2,15(19)21-6-3)10-13(11)16(12)7-8-16/h4,11,13H,5-10H2,1-3H3/b12-4+/t11-,13-/m0/s1. The van der Waals surface area contributed by atoms with Crippen molar-refractivity contribution in [1.82, 2.24) is 0 Å². The summed E-state index contributed by atoms with van der Waals surface area (Å²) in [6.07, 6.45) is 5.77. The molecular weight excluding hydrogens is 268 g/mol. The summed E-state index contributed by atoms with van der Waals surface area (Å²) >= 11 is 0. The third-order valence-electron chi connectivity index (χ3n) is 5.74.